The van der Waals surface area contributed by atoms with Gasteiger partial charge in [-0.15, -0.1) is 0 Å². The van der Waals surface area contributed by atoms with E-state index in [1.165, 1.54) is 0 Å². The maximum Gasteiger partial charge on any atom is 0.203 e. The molecular formula is C15H21N5O. The molecule has 0 fully saturated rings. The van der Waals surface area contributed by atoms with Crippen molar-refractivity contribution in [3.63, 3.8) is 0 Å². The molecule has 3 aromatic rings. The quantitative estimate of drug-likeness (QED) is 0.800. The van der Waals surface area contributed by atoms with Gasteiger partial charge in [-0.1, -0.05) is 13.3 Å². The van der Waals surface area contributed by atoms with Crippen molar-refractivity contribution in [1.29, 1.82) is 0 Å². The number of hydrogen-bond donors (Lipinski definition) is 1. The highest BCUT2D eigenvalue weighted by Crippen LogP contribution is 2.29. The number of imidazole rings is 1. The maximum absolute atomic E-state index is 6.15. The lowest BCUT2D eigenvalue weighted by atomic mass is 10.2. The molecular weight excluding hydrogens is 266 g/mol. The van der Waals surface area contributed by atoms with Crippen molar-refractivity contribution in [3.8, 4) is 0 Å². The van der Waals surface area contributed by atoms with E-state index >= 15 is 0 Å². The van der Waals surface area contributed by atoms with E-state index < -0.39 is 0 Å². The Hall–Kier alpha value is -2.24. The summed E-state index contributed by atoms with van der Waals surface area (Å²) in [5.74, 6) is 2.26. The van der Waals surface area contributed by atoms with Gasteiger partial charge >= 0.3 is 0 Å². The third-order valence-electron chi connectivity index (χ3n) is 3.81. The normalized spacial score (nSPS) is 13.1. The monoisotopic (exact) mass is 287 g/mol. The van der Waals surface area contributed by atoms with Gasteiger partial charge in [0.2, 0.25) is 5.95 Å². The first-order chi connectivity index (χ1) is 10.0. The molecule has 112 valence electrons. The third-order valence-corrected chi connectivity index (χ3v) is 3.81. The molecule has 21 heavy (non-hydrogen) atoms. The lowest BCUT2D eigenvalue weighted by Crippen LogP contribution is -2.12. The van der Waals surface area contributed by atoms with Crippen LogP contribution in [0.3, 0.4) is 0 Å². The lowest BCUT2D eigenvalue weighted by molar-refractivity contribution is 0.432. The van der Waals surface area contributed by atoms with Crippen molar-refractivity contribution >= 4 is 17.1 Å². The minimum atomic E-state index is -0.0198. The predicted octanol–water partition coefficient (Wildman–Crippen LogP) is 2.82. The van der Waals surface area contributed by atoms with E-state index in [2.05, 4.69) is 23.9 Å². The Morgan fingerprint density at radius 2 is 2.14 bits per heavy atom. The number of aromatic nitrogens is 4. The lowest BCUT2D eigenvalue weighted by Gasteiger charge is -2.13. The highest BCUT2D eigenvalue weighted by atomic mass is 16.3. The van der Waals surface area contributed by atoms with Crippen LogP contribution in [-0.4, -0.2) is 19.3 Å². The summed E-state index contributed by atoms with van der Waals surface area (Å²) < 4.78 is 9.58. The molecule has 6 nitrogen and oxygen atoms in total. The molecule has 3 heterocycles. The van der Waals surface area contributed by atoms with Gasteiger partial charge in [0, 0.05) is 7.05 Å². The van der Waals surface area contributed by atoms with Crippen LogP contribution in [0, 0.1) is 6.92 Å². The Kier molecular flexibility index (Phi) is 3.23. The SMILES string of the molecule is CCCc1nn(C)c2c1nc(N)n2C(C)c1ccc(C)o1. The molecule has 0 saturated carbocycles. The molecule has 0 spiro atoms. The van der Waals surface area contributed by atoms with E-state index in [1.54, 1.807) is 0 Å². The Labute approximate surface area is 123 Å². The van der Waals surface area contributed by atoms with Crippen molar-refractivity contribution < 1.29 is 4.42 Å². The van der Waals surface area contributed by atoms with E-state index in [9.17, 15) is 0 Å². The van der Waals surface area contributed by atoms with E-state index in [1.807, 2.05) is 35.4 Å². The highest BCUT2D eigenvalue weighted by molar-refractivity contribution is 5.78. The second-order valence-corrected chi connectivity index (χ2v) is 5.46. The number of hydrogen-bond acceptors (Lipinski definition) is 4. The van der Waals surface area contributed by atoms with Crippen molar-refractivity contribution in [2.24, 2.45) is 7.05 Å². The van der Waals surface area contributed by atoms with Crippen LogP contribution < -0.4 is 5.73 Å². The van der Waals surface area contributed by atoms with E-state index in [0.29, 0.717) is 5.95 Å². The fourth-order valence-corrected chi connectivity index (χ4v) is 2.81. The standard InChI is InChI=1S/C15H21N5O/c1-5-6-11-13-14(19(4)18-11)20(15(16)17-13)10(3)12-8-7-9(2)21-12/h7-8,10H,5-6H2,1-4H3,(H2,16,17). The Balaban J connectivity index is 2.16. The molecule has 0 aliphatic heterocycles. The van der Waals surface area contributed by atoms with Crippen LogP contribution in [0.5, 0.6) is 0 Å². The molecule has 3 aromatic heterocycles. The molecule has 0 aromatic carbocycles. The third kappa shape index (κ3) is 2.11. The van der Waals surface area contributed by atoms with Gasteiger partial charge in [0.1, 0.15) is 17.0 Å². The number of nitrogens with zero attached hydrogens (tertiary/aromatic N) is 4. The van der Waals surface area contributed by atoms with Crippen molar-refractivity contribution in [2.45, 2.75) is 39.7 Å². The van der Waals surface area contributed by atoms with E-state index in [0.717, 1.165) is 41.2 Å². The zero-order valence-corrected chi connectivity index (χ0v) is 12.9. The van der Waals surface area contributed by atoms with Crippen molar-refractivity contribution in [1.82, 2.24) is 19.3 Å². The number of nitrogen functional groups attached to an aromatic ring is 1. The predicted molar refractivity (Wildman–Crippen MR) is 82.2 cm³/mol. The van der Waals surface area contributed by atoms with Crippen LogP contribution in [0.15, 0.2) is 16.5 Å². The summed E-state index contributed by atoms with van der Waals surface area (Å²) in [6.45, 7) is 6.13. The average molecular weight is 287 g/mol. The Morgan fingerprint density at radius 1 is 1.38 bits per heavy atom. The minimum Gasteiger partial charge on any atom is -0.464 e. The first-order valence-corrected chi connectivity index (χ1v) is 7.28. The van der Waals surface area contributed by atoms with Crippen LogP contribution in [-0.2, 0) is 13.5 Å². The molecule has 0 bridgehead atoms. The summed E-state index contributed by atoms with van der Waals surface area (Å²) in [7, 11) is 1.93. The smallest absolute Gasteiger partial charge is 0.203 e. The average Bonchev–Trinajstić information content (AvgIpc) is 3.07. The first-order valence-electron chi connectivity index (χ1n) is 7.28. The van der Waals surface area contributed by atoms with Gasteiger partial charge in [-0.25, -0.2) is 4.98 Å². The van der Waals surface area contributed by atoms with Gasteiger partial charge in [0.15, 0.2) is 5.65 Å². The fourth-order valence-electron chi connectivity index (χ4n) is 2.81. The molecule has 0 radical (unpaired) electrons. The van der Waals surface area contributed by atoms with Gasteiger partial charge in [-0.2, -0.15) is 5.10 Å². The number of fused-ring (bicyclic) bond motifs is 1. The van der Waals surface area contributed by atoms with Crippen LogP contribution in [0.1, 0.15) is 43.5 Å². The summed E-state index contributed by atoms with van der Waals surface area (Å²) in [4.78, 5) is 4.52. The van der Waals surface area contributed by atoms with Gasteiger partial charge in [0.25, 0.3) is 0 Å². The summed E-state index contributed by atoms with van der Waals surface area (Å²) in [6.07, 6.45) is 1.94. The number of aryl methyl sites for hydroxylation is 3. The molecule has 0 aliphatic carbocycles. The number of anilines is 1. The second kappa shape index (κ2) is 4.95. The van der Waals surface area contributed by atoms with Crippen LogP contribution >= 0.6 is 0 Å². The van der Waals surface area contributed by atoms with Crippen LogP contribution in [0.25, 0.3) is 11.2 Å². The van der Waals surface area contributed by atoms with Crippen LogP contribution in [0.4, 0.5) is 5.95 Å². The van der Waals surface area contributed by atoms with Crippen LogP contribution in [0.2, 0.25) is 0 Å². The van der Waals surface area contributed by atoms with Gasteiger partial charge < -0.3 is 10.2 Å². The Morgan fingerprint density at radius 3 is 2.76 bits per heavy atom. The zero-order valence-electron chi connectivity index (χ0n) is 12.9. The molecule has 2 N–H and O–H groups in total. The Bertz CT molecular complexity index is 780. The molecule has 0 amide bonds. The number of furan rings is 1. The largest absolute Gasteiger partial charge is 0.464 e. The van der Waals surface area contributed by atoms with Crippen molar-refractivity contribution in [3.05, 3.63) is 29.3 Å². The molecule has 6 heteroatoms. The highest BCUT2D eigenvalue weighted by Gasteiger charge is 2.23. The molecule has 0 saturated heterocycles. The number of rotatable bonds is 4. The van der Waals surface area contributed by atoms with Crippen molar-refractivity contribution in [2.75, 3.05) is 5.73 Å². The summed E-state index contributed by atoms with van der Waals surface area (Å²) in [6, 6.07) is 3.92. The molecule has 1 unspecified atom stereocenters. The zero-order chi connectivity index (χ0) is 15.1. The number of nitrogens with two attached hydrogens (primary N) is 1. The van der Waals surface area contributed by atoms with E-state index in [-0.39, 0.29) is 6.04 Å². The topological polar surface area (TPSA) is 74.8 Å². The summed E-state index contributed by atoms with van der Waals surface area (Å²) in [5, 5.41) is 4.57. The molecule has 3 rings (SSSR count). The first kappa shape index (κ1) is 13.7. The summed E-state index contributed by atoms with van der Waals surface area (Å²) in [5.41, 5.74) is 8.99. The minimum absolute atomic E-state index is 0.0198. The fraction of sp³-hybridized carbons (Fsp3) is 0.467. The van der Waals surface area contributed by atoms with Gasteiger partial charge in [0.05, 0.1) is 11.7 Å². The second-order valence-electron chi connectivity index (χ2n) is 5.46. The summed E-state index contributed by atoms with van der Waals surface area (Å²) >= 11 is 0. The maximum atomic E-state index is 6.15. The molecule has 1 atom stereocenters. The van der Waals surface area contributed by atoms with E-state index in [4.69, 9.17) is 10.2 Å². The van der Waals surface area contributed by atoms with Gasteiger partial charge in [-0.3, -0.25) is 9.25 Å². The van der Waals surface area contributed by atoms with Gasteiger partial charge in [-0.05, 0) is 32.4 Å². The molecule has 0 aliphatic rings.